The van der Waals surface area contributed by atoms with Gasteiger partial charge in [-0.1, -0.05) is 53.3 Å². The van der Waals surface area contributed by atoms with Gasteiger partial charge in [-0.05, 0) is 44.1 Å². The third-order valence-electron chi connectivity index (χ3n) is 5.06. The zero-order valence-electron chi connectivity index (χ0n) is 15.6. The molecule has 8 heteroatoms. The Labute approximate surface area is 177 Å². The third kappa shape index (κ3) is 4.98. The average Bonchev–Trinajstić information content (AvgIpc) is 3.19. The minimum Gasteiger partial charge on any atom is -0.300 e. The Morgan fingerprint density at radius 2 is 1.86 bits per heavy atom. The van der Waals surface area contributed by atoms with Gasteiger partial charge in [0.25, 0.3) is 0 Å². The first kappa shape index (κ1) is 19.9. The summed E-state index contributed by atoms with van der Waals surface area (Å²) in [6.45, 7) is 2.10. The first-order valence-electron chi connectivity index (χ1n) is 9.44. The van der Waals surface area contributed by atoms with E-state index in [0.29, 0.717) is 22.3 Å². The van der Waals surface area contributed by atoms with Crippen molar-refractivity contribution in [1.82, 2.24) is 15.1 Å². The molecule has 1 aromatic heterocycles. The molecule has 1 aliphatic rings. The lowest BCUT2D eigenvalue weighted by atomic mass is 9.95. The number of anilines is 1. The molecule has 4 rings (SSSR count). The number of carbonyl (C=O) groups is 1. The molecule has 1 saturated heterocycles. The monoisotopic (exact) mass is 430 g/mol. The molecule has 1 amide bonds. The number of rotatable bonds is 5. The minimum absolute atomic E-state index is 0.0330. The van der Waals surface area contributed by atoms with Crippen molar-refractivity contribution in [1.29, 1.82) is 0 Å². The number of hydrogen-bond acceptors (Lipinski definition) is 5. The summed E-state index contributed by atoms with van der Waals surface area (Å²) in [5.74, 6) is -0.288. The van der Waals surface area contributed by atoms with Crippen molar-refractivity contribution in [3.8, 4) is 10.6 Å². The lowest BCUT2D eigenvalue weighted by Crippen LogP contribution is -2.37. The van der Waals surface area contributed by atoms with E-state index in [2.05, 4.69) is 20.4 Å². The predicted octanol–water partition coefficient (Wildman–Crippen LogP) is 4.85. The molecule has 0 saturated carbocycles. The summed E-state index contributed by atoms with van der Waals surface area (Å²) in [5, 5.41) is 13.0. The standard InChI is InChI=1S/C21H20ClFN4OS/c22-17-7-5-15(6-8-17)20-25-26-21(29-20)24-19(28)14-9-11-27(12-10-14)13-16-3-1-2-4-18(16)23/h1-8,14H,9-13H2,(H,24,26,28). The van der Waals surface area contributed by atoms with Crippen molar-refractivity contribution in [2.24, 2.45) is 5.92 Å². The number of halogens is 2. The van der Waals surface area contributed by atoms with Crippen LogP contribution in [0.3, 0.4) is 0 Å². The van der Waals surface area contributed by atoms with Gasteiger partial charge in [0, 0.05) is 28.6 Å². The van der Waals surface area contributed by atoms with Crippen LogP contribution in [0.4, 0.5) is 9.52 Å². The van der Waals surface area contributed by atoms with Gasteiger partial charge in [0.1, 0.15) is 10.8 Å². The summed E-state index contributed by atoms with van der Waals surface area (Å²) < 4.78 is 13.8. The summed E-state index contributed by atoms with van der Waals surface area (Å²) >= 11 is 7.25. The molecular formula is C21H20ClFN4OS. The van der Waals surface area contributed by atoms with Gasteiger partial charge in [0.05, 0.1) is 0 Å². The maximum Gasteiger partial charge on any atom is 0.229 e. The van der Waals surface area contributed by atoms with Crippen molar-refractivity contribution in [2.75, 3.05) is 18.4 Å². The molecule has 0 radical (unpaired) electrons. The van der Waals surface area contributed by atoms with Crippen molar-refractivity contribution >= 4 is 34.0 Å². The van der Waals surface area contributed by atoms with Gasteiger partial charge in [-0.3, -0.25) is 9.69 Å². The van der Waals surface area contributed by atoms with Gasteiger partial charge in [-0.2, -0.15) is 0 Å². The fourth-order valence-corrected chi connectivity index (χ4v) is 4.29. The maximum absolute atomic E-state index is 13.8. The fourth-order valence-electron chi connectivity index (χ4n) is 3.41. The number of piperidine rings is 1. The van der Waals surface area contributed by atoms with Gasteiger partial charge in [0.15, 0.2) is 0 Å². The molecule has 0 spiro atoms. The molecule has 1 N–H and O–H groups in total. The molecular weight excluding hydrogens is 411 g/mol. The van der Waals surface area contributed by atoms with Crippen LogP contribution in [0.5, 0.6) is 0 Å². The van der Waals surface area contributed by atoms with Crippen LogP contribution in [0, 0.1) is 11.7 Å². The molecule has 1 fully saturated rings. The van der Waals surface area contributed by atoms with Crippen molar-refractivity contribution in [3.63, 3.8) is 0 Å². The van der Waals surface area contributed by atoms with E-state index >= 15 is 0 Å². The Morgan fingerprint density at radius 1 is 1.14 bits per heavy atom. The second kappa shape index (κ2) is 8.98. The summed E-state index contributed by atoms with van der Waals surface area (Å²) in [6.07, 6.45) is 1.48. The van der Waals surface area contributed by atoms with E-state index in [4.69, 9.17) is 11.6 Å². The number of benzene rings is 2. The Morgan fingerprint density at radius 3 is 2.59 bits per heavy atom. The number of hydrogen-bond donors (Lipinski definition) is 1. The average molecular weight is 431 g/mol. The highest BCUT2D eigenvalue weighted by Crippen LogP contribution is 2.28. The Balaban J connectivity index is 1.30. The van der Waals surface area contributed by atoms with Crippen LogP contribution in [0.1, 0.15) is 18.4 Å². The molecule has 0 aliphatic carbocycles. The predicted molar refractivity (Wildman–Crippen MR) is 113 cm³/mol. The Kier molecular flexibility index (Phi) is 6.18. The zero-order valence-corrected chi connectivity index (χ0v) is 17.2. The highest BCUT2D eigenvalue weighted by Gasteiger charge is 2.26. The SMILES string of the molecule is O=C(Nc1nnc(-c2ccc(Cl)cc2)s1)C1CCN(Cc2ccccc2F)CC1. The van der Waals surface area contributed by atoms with E-state index in [1.165, 1.54) is 17.4 Å². The normalized spacial score (nSPS) is 15.4. The first-order chi connectivity index (χ1) is 14.1. The van der Waals surface area contributed by atoms with E-state index in [-0.39, 0.29) is 17.6 Å². The van der Waals surface area contributed by atoms with Crippen molar-refractivity contribution in [3.05, 3.63) is 64.9 Å². The zero-order chi connectivity index (χ0) is 20.2. The highest BCUT2D eigenvalue weighted by molar-refractivity contribution is 7.18. The Bertz CT molecular complexity index is 986. The fraction of sp³-hybridized carbons (Fsp3) is 0.286. The molecule has 5 nitrogen and oxygen atoms in total. The highest BCUT2D eigenvalue weighted by atomic mass is 35.5. The van der Waals surface area contributed by atoms with Gasteiger partial charge in [-0.15, -0.1) is 10.2 Å². The Hall–Kier alpha value is -2.35. The maximum atomic E-state index is 13.8. The molecule has 3 aromatic rings. The first-order valence-corrected chi connectivity index (χ1v) is 10.6. The van der Waals surface area contributed by atoms with E-state index in [9.17, 15) is 9.18 Å². The summed E-state index contributed by atoms with van der Waals surface area (Å²) in [6, 6.07) is 14.2. The van der Waals surface area contributed by atoms with Crippen LogP contribution < -0.4 is 5.32 Å². The number of nitrogens with one attached hydrogen (secondary N) is 1. The smallest absolute Gasteiger partial charge is 0.229 e. The van der Waals surface area contributed by atoms with Gasteiger partial charge >= 0.3 is 0 Å². The molecule has 0 unspecified atom stereocenters. The topological polar surface area (TPSA) is 58.1 Å². The number of likely N-dealkylation sites (tertiary alicyclic amines) is 1. The second-order valence-corrected chi connectivity index (χ2v) is 8.46. The molecule has 0 atom stereocenters. The number of amides is 1. The lowest BCUT2D eigenvalue weighted by Gasteiger charge is -2.31. The van der Waals surface area contributed by atoms with Crippen LogP contribution in [-0.4, -0.2) is 34.1 Å². The summed E-state index contributed by atoms with van der Waals surface area (Å²) in [7, 11) is 0. The minimum atomic E-state index is -0.180. The molecule has 1 aliphatic heterocycles. The van der Waals surface area contributed by atoms with E-state index in [0.717, 1.165) is 36.5 Å². The summed E-state index contributed by atoms with van der Waals surface area (Å²) in [5.41, 5.74) is 1.60. The molecule has 0 bridgehead atoms. The second-order valence-electron chi connectivity index (χ2n) is 7.05. The number of nitrogens with zero attached hydrogens (tertiary/aromatic N) is 3. The van der Waals surface area contributed by atoms with E-state index in [1.54, 1.807) is 18.2 Å². The van der Waals surface area contributed by atoms with Crippen molar-refractivity contribution in [2.45, 2.75) is 19.4 Å². The quantitative estimate of drug-likeness (QED) is 0.628. The molecule has 2 heterocycles. The van der Waals surface area contributed by atoms with Crippen LogP contribution in [0.25, 0.3) is 10.6 Å². The summed E-state index contributed by atoms with van der Waals surface area (Å²) in [4.78, 5) is 14.8. The van der Waals surface area contributed by atoms with Crippen LogP contribution in [-0.2, 0) is 11.3 Å². The van der Waals surface area contributed by atoms with E-state index in [1.807, 2.05) is 24.3 Å². The number of carbonyl (C=O) groups excluding carboxylic acids is 1. The molecule has 2 aromatic carbocycles. The lowest BCUT2D eigenvalue weighted by molar-refractivity contribution is -0.121. The van der Waals surface area contributed by atoms with E-state index < -0.39 is 0 Å². The van der Waals surface area contributed by atoms with Gasteiger partial charge < -0.3 is 5.32 Å². The van der Waals surface area contributed by atoms with Crippen LogP contribution in [0.15, 0.2) is 48.5 Å². The van der Waals surface area contributed by atoms with Crippen molar-refractivity contribution < 1.29 is 9.18 Å². The van der Waals surface area contributed by atoms with Crippen LogP contribution >= 0.6 is 22.9 Å². The number of aromatic nitrogens is 2. The van der Waals surface area contributed by atoms with Gasteiger partial charge in [0.2, 0.25) is 11.0 Å². The van der Waals surface area contributed by atoms with Gasteiger partial charge in [-0.25, -0.2) is 4.39 Å². The molecule has 29 heavy (non-hydrogen) atoms. The largest absolute Gasteiger partial charge is 0.300 e. The third-order valence-corrected chi connectivity index (χ3v) is 6.20. The van der Waals surface area contributed by atoms with Crippen LogP contribution in [0.2, 0.25) is 5.02 Å². The molecule has 150 valence electrons.